The molecule has 0 fully saturated rings. The molecule has 31 heavy (non-hydrogen) atoms. The first-order chi connectivity index (χ1) is 14.9. The third-order valence-corrected chi connectivity index (χ3v) is 5.29. The number of amides is 1. The van der Waals surface area contributed by atoms with Gasteiger partial charge in [-0.3, -0.25) is 4.79 Å². The van der Waals surface area contributed by atoms with E-state index in [-0.39, 0.29) is 11.4 Å². The fraction of sp³-hybridized carbons (Fsp3) is 0.120. The normalized spacial score (nSPS) is 11.3. The summed E-state index contributed by atoms with van der Waals surface area (Å²) in [5.74, 6) is -1.30. The number of fused-ring (bicyclic) bond motifs is 1. The van der Waals surface area contributed by atoms with Crippen molar-refractivity contribution >= 4 is 28.5 Å². The number of carbonyl (C=O) groups excluding carboxylic acids is 2. The third-order valence-electron chi connectivity index (χ3n) is 5.29. The summed E-state index contributed by atoms with van der Waals surface area (Å²) in [6.45, 7) is 1.92. The van der Waals surface area contributed by atoms with Gasteiger partial charge in [-0.15, -0.1) is 0 Å². The van der Waals surface area contributed by atoms with E-state index in [9.17, 15) is 14.7 Å². The number of esters is 1. The lowest BCUT2D eigenvalue weighted by Gasteiger charge is -2.28. The minimum Gasteiger partial charge on any atom is -0.464 e. The van der Waals surface area contributed by atoms with Crippen LogP contribution in [0, 0.1) is 6.92 Å². The molecule has 0 aliphatic rings. The molecule has 0 bridgehead atoms. The Balaban J connectivity index is 1.86. The van der Waals surface area contributed by atoms with Crippen LogP contribution in [0.25, 0.3) is 10.9 Å². The summed E-state index contributed by atoms with van der Waals surface area (Å²) in [6.07, 6.45) is 0. The quantitative estimate of drug-likeness (QED) is 0.428. The highest BCUT2D eigenvalue weighted by Gasteiger charge is 2.40. The molecule has 0 saturated carbocycles. The number of hydrogen-bond acceptors (Lipinski definition) is 4. The lowest BCUT2D eigenvalue weighted by molar-refractivity contribution is -0.131. The third kappa shape index (κ3) is 3.58. The molecule has 3 aromatic carbocycles. The molecule has 4 aromatic rings. The van der Waals surface area contributed by atoms with Gasteiger partial charge in [-0.2, -0.15) is 0 Å². The van der Waals surface area contributed by atoms with Gasteiger partial charge in [0.1, 0.15) is 5.69 Å². The van der Waals surface area contributed by atoms with Gasteiger partial charge in [-0.25, -0.2) is 4.79 Å². The molecule has 6 nitrogen and oxygen atoms in total. The molecule has 1 aromatic heterocycles. The van der Waals surface area contributed by atoms with Crippen LogP contribution in [0.4, 0.5) is 5.69 Å². The first-order valence-electron chi connectivity index (χ1n) is 9.80. The summed E-state index contributed by atoms with van der Waals surface area (Å²) in [6, 6.07) is 23.0. The highest BCUT2D eigenvalue weighted by molar-refractivity contribution is 6.13. The van der Waals surface area contributed by atoms with Crippen molar-refractivity contribution in [3.05, 3.63) is 101 Å². The van der Waals surface area contributed by atoms with E-state index in [4.69, 9.17) is 4.74 Å². The van der Waals surface area contributed by atoms with E-state index < -0.39 is 17.5 Å². The van der Waals surface area contributed by atoms with Gasteiger partial charge in [-0.1, -0.05) is 72.3 Å². The van der Waals surface area contributed by atoms with Crippen molar-refractivity contribution in [3.63, 3.8) is 0 Å². The second kappa shape index (κ2) is 8.08. The molecule has 4 rings (SSSR count). The molecular formula is C25H22N2O4. The summed E-state index contributed by atoms with van der Waals surface area (Å²) in [4.78, 5) is 29.0. The molecule has 0 aliphatic heterocycles. The zero-order valence-corrected chi connectivity index (χ0v) is 17.2. The van der Waals surface area contributed by atoms with E-state index in [2.05, 4.69) is 10.3 Å². The smallest absolute Gasteiger partial charge is 0.356 e. The monoisotopic (exact) mass is 414 g/mol. The number of rotatable bonds is 5. The second-order valence-electron chi connectivity index (χ2n) is 7.31. The number of aliphatic hydroxyl groups is 1. The van der Waals surface area contributed by atoms with Crippen molar-refractivity contribution in [2.75, 3.05) is 12.4 Å². The van der Waals surface area contributed by atoms with Crippen molar-refractivity contribution in [3.8, 4) is 0 Å². The largest absolute Gasteiger partial charge is 0.464 e. The number of ether oxygens (including phenoxy) is 1. The van der Waals surface area contributed by atoms with Crippen LogP contribution in [0.1, 0.15) is 27.2 Å². The Kier molecular flexibility index (Phi) is 5.31. The average Bonchev–Trinajstić information content (AvgIpc) is 3.16. The lowest BCUT2D eigenvalue weighted by Crippen LogP contribution is -2.41. The molecule has 0 unspecified atom stereocenters. The van der Waals surface area contributed by atoms with Crippen LogP contribution in [-0.4, -0.2) is 29.1 Å². The number of hydrogen-bond donors (Lipinski definition) is 3. The van der Waals surface area contributed by atoms with E-state index >= 15 is 0 Å². The number of aromatic nitrogens is 1. The molecule has 1 amide bonds. The molecule has 6 heteroatoms. The molecule has 156 valence electrons. The van der Waals surface area contributed by atoms with E-state index in [1.54, 1.807) is 48.5 Å². The number of carbonyl (C=O) groups is 2. The Morgan fingerprint density at radius 2 is 1.52 bits per heavy atom. The van der Waals surface area contributed by atoms with Crippen LogP contribution in [0.5, 0.6) is 0 Å². The fourth-order valence-electron chi connectivity index (χ4n) is 3.68. The number of anilines is 1. The van der Waals surface area contributed by atoms with E-state index in [0.717, 1.165) is 5.56 Å². The fourth-order valence-corrected chi connectivity index (χ4v) is 3.68. The lowest BCUT2D eigenvalue weighted by atomic mass is 9.85. The van der Waals surface area contributed by atoms with Crippen LogP contribution in [0.3, 0.4) is 0 Å². The molecule has 0 atom stereocenters. The molecule has 0 radical (unpaired) electrons. The highest BCUT2D eigenvalue weighted by atomic mass is 16.5. The maximum absolute atomic E-state index is 13.6. The van der Waals surface area contributed by atoms with Crippen LogP contribution >= 0.6 is 0 Å². The first-order valence-corrected chi connectivity index (χ1v) is 9.80. The predicted octanol–water partition coefficient (Wildman–Crippen LogP) is 4.14. The zero-order valence-electron chi connectivity index (χ0n) is 17.2. The van der Waals surface area contributed by atoms with E-state index in [1.807, 2.05) is 37.3 Å². The Hall–Kier alpha value is -3.90. The van der Waals surface area contributed by atoms with Crippen LogP contribution in [0.15, 0.2) is 78.9 Å². The Labute approximate surface area is 179 Å². The SMILES string of the molecule is COC(=O)c1[nH]c2ccc(C)cc2c1NC(=O)C(O)(c1ccccc1)c1ccccc1. The Bertz CT molecular complexity index is 1210. The summed E-state index contributed by atoms with van der Waals surface area (Å²) in [7, 11) is 1.27. The average molecular weight is 414 g/mol. The van der Waals surface area contributed by atoms with Gasteiger partial charge in [0.15, 0.2) is 5.60 Å². The summed E-state index contributed by atoms with van der Waals surface area (Å²) < 4.78 is 4.89. The van der Waals surface area contributed by atoms with Gasteiger partial charge in [0, 0.05) is 10.9 Å². The van der Waals surface area contributed by atoms with Gasteiger partial charge >= 0.3 is 5.97 Å². The van der Waals surface area contributed by atoms with Crippen LogP contribution in [0.2, 0.25) is 0 Å². The van der Waals surface area contributed by atoms with E-state index in [1.165, 1.54) is 7.11 Å². The standard InChI is InChI=1S/C25H22N2O4/c1-16-13-14-20-19(15-16)21(22(26-20)23(28)31-2)27-24(29)25(30,17-9-5-3-6-10-17)18-11-7-4-8-12-18/h3-15,26,30H,1-2H3,(H,27,29). The summed E-state index contributed by atoms with van der Waals surface area (Å²) in [5.41, 5.74) is 0.858. The molecule has 3 N–H and O–H groups in total. The number of H-pyrrole nitrogens is 1. The van der Waals surface area contributed by atoms with Crippen molar-refractivity contribution in [2.45, 2.75) is 12.5 Å². The first kappa shape index (κ1) is 20.4. The van der Waals surface area contributed by atoms with Crippen molar-refractivity contribution in [2.24, 2.45) is 0 Å². The minimum absolute atomic E-state index is 0.111. The number of aryl methyl sites for hydroxylation is 1. The summed E-state index contributed by atoms with van der Waals surface area (Å²) >= 11 is 0. The number of nitrogens with one attached hydrogen (secondary N) is 2. The number of methoxy groups -OCH3 is 1. The van der Waals surface area contributed by atoms with Gasteiger partial charge < -0.3 is 20.1 Å². The number of aromatic amines is 1. The van der Waals surface area contributed by atoms with Crippen molar-refractivity contribution < 1.29 is 19.4 Å². The molecular weight excluding hydrogens is 392 g/mol. The number of benzene rings is 3. The van der Waals surface area contributed by atoms with Gasteiger partial charge in [-0.05, 0) is 30.2 Å². The topological polar surface area (TPSA) is 91.4 Å². The highest BCUT2D eigenvalue weighted by Crippen LogP contribution is 2.34. The Morgan fingerprint density at radius 1 is 0.935 bits per heavy atom. The molecule has 1 heterocycles. The molecule has 0 saturated heterocycles. The van der Waals surface area contributed by atoms with Crippen molar-refractivity contribution in [1.29, 1.82) is 0 Å². The van der Waals surface area contributed by atoms with Crippen LogP contribution < -0.4 is 5.32 Å². The zero-order chi connectivity index (χ0) is 22.0. The van der Waals surface area contributed by atoms with E-state index in [0.29, 0.717) is 22.0 Å². The maximum atomic E-state index is 13.6. The molecule has 0 aliphatic carbocycles. The Morgan fingerprint density at radius 3 is 2.06 bits per heavy atom. The van der Waals surface area contributed by atoms with Crippen LogP contribution in [-0.2, 0) is 15.1 Å². The maximum Gasteiger partial charge on any atom is 0.356 e. The van der Waals surface area contributed by atoms with Gasteiger partial charge in [0.2, 0.25) is 0 Å². The second-order valence-corrected chi connectivity index (χ2v) is 7.31. The molecule has 0 spiro atoms. The van der Waals surface area contributed by atoms with Crippen molar-refractivity contribution in [1.82, 2.24) is 4.98 Å². The van der Waals surface area contributed by atoms with Gasteiger partial charge in [0.25, 0.3) is 5.91 Å². The predicted molar refractivity (Wildman–Crippen MR) is 119 cm³/mol. The van der Waals surface area contributed by atoms with Gasteiger partial charge in [0.05, 0.1) is 12.8 Å². The summed E-state index contributed by atoms with van der Waals surface area (Å²) in [5, 5.41) is 15.1. The minimum atomic E-state index is -1.97.